The second-order valence-corrected chi connectivity index (χ2v) is 8.15. The first-order valence-corrected chi connectivity index (χ1v) is 11.0. The standard InChI is InChI=1S/C25H25ClN4O2/c26-21-11-12-23(27-18-21)29-13-15-30(16-14-29)24(31)17-22(19-7-3-1-4-8-19)28-25(32)20-9-5-2-6-10-20/h1-12,18,22H,13-17H2,(H,28,32). The fraction of sp³-hybridized carbons (Fsp3) is 0.240. The average molecular weight is 449 g/mol. The minimum absolute atomic E-state index is 0.0240. The van der Waals surface area contributed by atoms with Gasteiger partial charge in [-0.1, -0.05) is 60.1 Å². The first kappa shape index (κ1) is 21.8. The average Bonchev–Trinajstić information content (AvgIpc) is 2.85. The topological polar surface area (TPSA) is 65.5 Å². The van der Waals surface area contributed by atoms with E-state index in [1.807, 2.05) is 65.6 Å². The lowest BCUT2D eigenvalue weighted by Gasteiger charge is -2.36. The minimum atomic E-state index is -0.396. The predicted molar refractivity (Wildman–Crippen MR) is 126 cm³/mol. The highest BCUT2D eigenvalue weighted by Gasteiger charge is 2.26. The second kappa shape index (κ2) is 10.3. The zero-order valence-electron chi connectivity index (χ0n) is 17.7. The molecule has 0 spiro atoms. The van der Waals surface area contributed by atoms with Gasteiger partial charge in [0.05, 0.1) is 17.5 Å². The monoisotopic (exact) mass is 448 g/mol. The third-order valence-electron chi connectivity index (χ3n) is 5.59. The Bertz CT molecular complexity index is 1040. The van der Waals surface area contributed by atoms with Gasteiger partial charge in [0.1, 0.15) is 5.82 Å². The van der Waals surface area contributed by atoms with Crippen LogP contribution in [0.2, 0.25) is 5.02 Å². The van der Waals surface area contributed by atoms with E-state index in [1.165, 1.54) is 0 Å². The third kappa shape index (κ3) is 5.45. The van der Waals surface area contributed by atoms with E-state index in [-0.39, 0.29) is 18.2 Å². The maximum absolute atomic E-state index is 13.1. The molecule has 3 aromatic rings. The van der Waals surface area contributed by atoms with Crippen molar-refractivity contribution < 1.29 is 9.59 Å². The Morgan fingerprint density at radius 3 is 2.19 bits per heavy atom. The molecular weight excluding hydrogens is 424 g/mol. The molecule has 2 amide bonds. The SMILES string of the molecule is O=C(NC(CC(=O)N1CCN(c2ccc(Cl)cn2)CC1)c1ccccc1)c1ccccc1. The summed E-state index contributed by atoms with van der Waals surface area (Å²) in [6.45, 7) is 2.62. The lowest BCUT2D eigenvalue weighted by atomic mass is 10.0. The van der Waals surface area contributed by atoms with Gasteiger partial charge >= 0.3 is 0 Å². The summed E-state index contributed by atoms with van der Waals surface area (Å²) < 4.78 is 0. The van der Waals surface area contributed by atoms with Crippen LogP contribution in [0.1, 0.15) is 28.4 Å². The van der Waals surface area contributed by atoms with Gasteiger partial charge in [0.15, 0.2) is 0 Å². The Morgan fingerprint density at radius 1 is 0.906 bits per heavy atom. The number of hydrogen-bond acceptors (Lipinski definition) is 4. The molecule has 0 aliphatic carbocycles. The molecule has 0 radical (unpaired) electrons. The summed E-state index contributed by atoms with van der Waals surface area (Å²) in [5.74, 6) is 0.695. The van der Waals surface area contributed by atoms with Crippen LogP contribution in [0.4, 0.5) is 5.82 Å². The number of rotatable bonds is 6. The Morgan fingerprint density at radius 2 is 1.56 bits per heavy atom. The zero-order chi connectivity index (χ0) is 22.3. The van der Waals surface area contributed by atoms with Gasteiger partial charge in [0.25, 0.3) is 5.91 Å². The number of nitrogens with one attached hydrogen (secondary N) is 1. The van der Waals surface area contributed by atoms with Crippen LogP contribution in [0.25, 0.3) is 0 Å². The number of carbonyl (C=O) groups excluding carboxylic acids is 2. The molecule has 164 valence electrons. The van der Waals surface area contributed by atoms with Gasteiger partial charge < -0.3 is 15.1 Å². The van der Waals surface area contributed by atoms with Crippen molar-refractivity contribution in [3.63, 3.8) is 0 Å². The maximum atomic E-state index is 13.1. The van der Waals surface area contributed by atoms with Crippen LogP contribution in [0.3, 0.4) is 0 Å². The molecule has 0 saturated carbocycles. The van der Waals surface area contributed by atoms with Crippen molar-refractivity contribution in [3.05, 3.63) is 95.1 Å². The molecular formula is C25H25ClN4O2. The Hall–Kier alpha value is -3.38. The Kier molecular flexibility index (Phi) is 7.02. The molecule has 1 N–H and O–H groups in total. The van der Waals surface area contributed by atoms with Crippen LogP contribution in [-0.4, -0.2) is 47.9 Å². The number of benzene rings is 2. The van der Waals surface area contributed by atoms with Crippen molar-refractivity contribution in [3.8, 4) is 0 Å². The van der Waals surface area contributed by atoms with Gasteiger partial charge in [-0.2, -0.15) is 0 Å². The number of hydrogen-bond donors (Lipinski definition) is 1. The van der Waals surface area contributed by atoms with Crippen molar-refractivity contribution in [1.29, 1.82) is 0 Å². The molecule has 6 nitrogen and oxygen atoms in total. The van der Waals surface area contributed by atoms with Gasteiger partial charge in [0, 0.05) is 37.9 Å². The van der Waals surface area contributed by atoms with Gasteiger partial charge in [-0.3, -0.25) is 9.59 Å². The zero-order valence-corrected chi connectivity index (χ0v) is 18.4. The highest BCUT2D eigenvalue weighted by atomic mass is 35.5. The van der Waals surface area contributed by atoms with Crippen LogP contribution in [-0.2, 0) is 4.79 Å². The molecule has 1 aromatic heterocycles. The summed E-state index contributed by atoms with van der Waals surface area (Å²) in [4.78, 5) is 34.2. The first-order valence-electron chi connectivity index (χ1n) is 10.7. The van der Waals surface area contributed by atoms with Gasteiger partial charge in [-0.25, -0.2) is 4.98 Å². The van der Waals surface area contributed by atoms with Crippen LogP contribution in [0.5, 0.6) is 0 Å². The third-order valence-corrected chi connectivity index (χ3v) is 5.81. The van der Waals surface area contributed by atoms with Crippen LogP contribution in [0.15, 0.2) is 79.0 Å². The predicted octanol–water partition coefficient (Wildman–Crippen LogP) is 3.95. The summed E-state index contributed by atoms with van der Waals surface area (Å²) in [6, 6.07) is 22.0. The normalized spacial score (nSPS) is 14.7. The van der Waals surface area contributed by atoms with E-state index in [0.29, 0.717) is 36.8 Å². The van der Waals surface area contributed by atoms with E-state index >= 15 is 0 Å². The highest BCUT2D eigenvalue weighted by molar-refractivity contribution is 6.30. The van der Waals surface area contributed by atoms with E-state index in [0.717, 1.165) is 11.4 Å². The van der Waals surface area contributed by atoms with E-state index in [9.17, 15) is 9.59 Å². The molecule has 2 heterocycles. The Balaban J connectivity index is 1.40. The summed E-state index contributed by atoms with van der Waals surface area (Å²) >= 11 is 5.93. The molecule has 1 aliphatic heterocycles. The summed E-state index contributed by atoms with van der Waals surface area (Å²) in [6.07, 6.45) is 1.84. The van der Waals surface area contributed by atoms with Crippen LogP contribution >= 0.6 is 11.6 Å². The number of piperazine rings is 1. The quantitative estimate of drug-likeness (QED) is 0.620. The Labute approximate surface area is 192 Å². The lowest BCUT2D eigenvalue weighted by Crippen LogP contribution is -2.49. The van der Waals surface area contributed by atoms with Crippen LogP contribution < -0.4 is 10.2 Å². The molecule has 1 saturated heterocycles. The number of amides is 2. The molecule has 2 aromatic carbocycles. The maximum Gasteiger partial charge on any atom is 0.251 e. The molecule has 1 aliphatic rings. The van der Waals surface area contributed by atoms with E-state index in [4.69, 9.17) is 11.6 Å². The fourth-order valence-corrected chi connectivity index (χ4v) is 3.92. The molecule has 4 rings (SSSR count). The number of nitrogens with zero attached hydrogens (tertiary/aromatic N) is 3. The summed E-state index contributed by atoms with van der Waals surface area (Å²) in [5.41, 5.74) is 1.49. The molecule has 0 bridgehead atoms. The van der Waals surface area contributed by atoms with E-state index < -0.39 is 6.04 Å². The van der Waals surface area contributed by atoms with Crippen molar-refractivity contribution in [2.45, 2.75) is 12.5 Å². The smallest absolute Gasteiger partial charge is 0.251 e. The largest absolute Gasteiger partial charge is 0.353 e. The number of aromatic nitrogens is 1. The fourth-order valence-electron chi connectivity index (χ4n) is 3.81. The molecule has 1 atom stereocenters. The van der Waals surface area contributed by atoms with Crippen molar-refractivity contribution in [2.24, 2.45) is 0 Å². The second-order valence-electron chi connectivity index (χ2n) is 7.71. The van der Waals surface area contributed by atoms with E-state index in [1.54, 1.807) is 18.3 Å². The van der Waals surface area contributed by atoms with Crippen molar-refractivity contribution in [1.82, 2.24) is 15.2 Å². The van der Waals surface area contributed by atoms with Crippen molar-refractivity contribution in [2.75, 3.05) is 31.1 Å². The highest BCUT2D eigenvalue weighted by Crippen LogP contribution is 2.21. The van der Waals surface area contributed by atoms with Gasteiger partial charge in [0.2, 0.25) is 5.91 Å². The minimum Gasteiger partial charge on any atom is -0.353 e. The molecule has 1 unspecified atom stereocenters. The van der Waals surface area contributed by atoms with E-state index in [2.05, 4.69) is 15.2 Å². The summed E-state index contributed by atoms with van der Waals surface area (Å²) in [7, 11) is 0. The summed E-state index contributed by atoms with van der Waals surface area (Å²) in [5, 5.41) is 3.64. The van der Waals surface area contributed by atoms with Crippen molar-refractivity contribution >= 4 is 29.2 Å². The lowest BCUT2D eigenvalue weighted by molar-refractivity contribution is -0.132. The number of pyridine rings is 1. The van der Waals surface area contributed by atoms with Gasteiger partial charge in [-0.05, 0) is 29.8 Å². The molecule has 7 heteroatoms. The number of halogens is 1. The van der Waals surface area contributed by atoms with Gasteiger partial charge in [-0.15, -0.1) is 0 Å². The number of anilines is 1. The van der Waals surface area contributed by atoms with Crippen LogP contribution in [0, 0.1) is 0 Å². The first-order chi connectivity index (χ1) is 15.6. The molecule has 1 fully saturated rings. The number of carbonyl (C=O) groups is 2. The molecule has 32 heavy (non-hydrogen) atoms.